The average Bonchev–Trinajstić information content (AvgIpc) is 2.77. The van der Waals surface area contributed by atoms with Crippen molar-refractivity contribution < 1.29 is 0 Å². The third kappa shape index (κ3) is 2.22. The maximum absolute atomic E-state index is 12.4. The van der Waals surface area contributed by atoms with Gasteiger partial charge >= 0.3 is 5.69 Å². The normalized spacial score (nSPS) is 10.2. The molecule has 0 N–H and O–H groups in total. The first-order valence-corrected chi connectivity index (χ1v) is 6.18. The van der Waals surface area contributed by atoms with Crippen LogP contribution in [0.2, 0.25) is 5.28 Å². The summed E-state index contributed by atoms with van der Waals surface area (Å²) in [5, 5.41) is 17.6. The minimum Gasteiger partial charge on any atom is -0.305 e. The molecule has 8 nitrogen and oxygen atoms in total. The third-order valence-electron chi connectivity index (χ3n) is 2.84. The molecular weight excluding hydrogens is 296 g/mol. The van der Waals surface area contributed by atoms with Crippen LogP contribution in [-0.4, -0.2) is 18.7 Å². The van der Waals surface area contributed by atoms with E-state index in [4.69, 9.17) is 22.1 Å². The highest BCUT2D eigenvalue weighted by Gasteiger charge is 2.20. The Bertz CT molecular complexity index is 921. The molecule has 0 spiro atoms. The average molecular weight is 305 g/mol. The summed E-state index contributed by atoms with van der Waals surface area (Å²) in [6.45, 7) is 3.05. The first-order chi connectivity index (χ1) is 10.1. The largest absolute Gasteiger partial charge is 0.334 e. The zero-order valence-electron chi connectivity index (χ0n) is 10.8. The van der Waals surface area contributed by atoms with Gasteiger partial charge in [0.15, 0.2) is 11.2 Å². The lowest BCUT2D eigenvalue weighted by Crippen LogP contribution is -2.40. The topological polar surface area (TPSA) is 109 Å². The molecule has 0 aliphatic rings. The van der Waals surface area contributed by atoms with Gasteiger partial charge in [-0.2, -0.15) is 15.5 Å². The Morgan fingerprint density at radius 3 is 2.38 bits per heavy atom. The second-order valence-electron chi connectivity index (χ2n) is 4.03. The summed E-state index contributed by atoms with van der Waals surface area (Å²) in [6, 6.07) is 3.56. The maximum atomic E-state index is 12.4. The fourth-order valence-electron chi connectivity index (χ4n) is 1.98. The molecule has 0 radical (unpaired) electrons. The van der Waals surface area contributed by atoms with E-state index in [1.54, 1.807) is 6.07 Å². The van der Waals surface area contributed by atoms with Crippen LogP contribution in [0.5, 0.6) is 0 Å². The zero-order chi connectivity index (χ0) is 15.6. The smallest absolute Gasteiger partial charge is 0.305 e. The Hall–Kier alpha value is -2.84. The number of imidazole rings is 1. The molecule has 2 heterocycles. The quantitative estimate of drug-likeness (QED) is 0.594. The van der Waals surface area contributed by atoms with Gasteiger partial charge in [-0.05, 0) is 11.6 Å². The van der Waals surface area contributed by atoms with Gasteiger partial charge in [0.2, 0.25) is 5.28 Å². The van der Waals surface area contributed by atoms with Gasteiger partial charge in [0.25, 0.3) is 5.56 Å². The molecule has 0 unspecified atom stereocenters. The summed E-state index contributed by atoms with van der Waals surface area (Å²) in [7, 11) is 0. The Labute approximate surface area is 123 Å². The highest BCUT2D eigenvalue weighted by molar-refractivity contribution is 6.29. The maximum Gasteiger partial charge on any atom is 0.334 e. The highest BCUT2D eigenvalue weighted by atomic mass is 35.5. The molecule has 0 atom stereocenters. The van der Waals surface area contributed by atoms with Gasteiger partial charge in [0.05, 0.1) is 12.1 Å². The number of halogens is 1. The van der Waals surface area contributed by atoms with Gasteiger partial charge in [-0.1, -0.05) is 6.08 Å². The van der Waals surface area contributed by atoms with Crippen LogP contribution in [0.25, 0.3) is 11.2 Å². The van der Waals surface area contributed by atoms with E-state index in [1.165, 1.54) is 10.6 Å². The number of rotatable bonds is 4. The zero-order valence-corrected chi connectivity index (χ0v) is 11.5. The Morgan fingerprint density at radius 1 is 1.19 bits per heavy atom. The number of hydrogen-bond donors (Lipinski definition) is 0. The van der Waals surface area contributed by atoms with Crippen LogP contribution in [0, 0.1) is 22.7 Å². The first-order valence-electron chi connectivity index (χ1n) is 5.81. The molecule has 0 saturated heterocycles. The molecule has 0 aromatic carbocycles. The first kappa shape index (κ1) is 14.6. The predicted octanol–water partition coefficient (Wildman–Crippen LogP) is 0.246. The molecule has 0 aliphatic carbocycles. The van der Waals surface area contributed by atoms with Gasteiger partial charge < -0.3 is 4.57 Å². The van der Waals surface area contributed by atoms with Crippen LogP contribution in [0.1, 0.15) is 0 Å². The van der Waals surface area contributed by atoms with Crippen LogP contribution in [0.15, 0.2) is 22.2 Å². The van der Waals surface area contributed by atoms with Crippen molar-refractivity contribution in [2.45, 2.75) is 19.6 Å². The lowest BCUT2D eigenvalue weighted by atomic mass is 10.4. The summed E-state index contributed by atoms with van der Waals surface area (Å²) in [6.07, 6.45) is 1.51. The molecule has 2 aromatic heterocycles. The predicted molar refractivity (Wildman–Crippen MR) is 74.7 cm³/mol. The second-order valence-corrected chi connectivity index (χ2v) is 4.37. The fraction of sp³-hybridized carbons (Fsp3) is 0.250. The molecule has 9 heteroatoms. The molecule has 0 saturated carbocycles. The minimum absolute atomic E-state index is 0.00259. The van der Waals surface area contributed by atoms with Crippen molar-refractivity contribution in [3.8, 4) is 12.1 Å². The molecule has 0 fully saturated rings. The molecule has 2 rings (SSSR count). The summed E-state index contributed by atoms with van der Waals surface area (Å²) in [4.78, 5) is 28.5. The van der Waals surface area contributed by atoms with E-state index < -0.39 is 17.8 Å². The Kier molecular flexibility index (Phi) is 3.92. The van der Waals surface area contributed by atoms with Crippen LogP contribution in [-0.2, 0) is 19.6 Å². The van der Waals surface area contributed by atoms with Crippen LogP contribution in [0.4, 0.5) is 0 Å². The van der Waals surface area contributed by atoms with Gasteiger partial charge in [0, 0.05) is 6.54 Å². The Morgan fingerprint density at radius 2 is 1.81 bits per heavy atom. The summed E-state index contributed by atoms with van der Waals surface area (Å²) >= 11 is 5.96. The monoisotopic (exact) mass is 304 g/mol. The Balaban J connectivity index is 3.03. The standard InChI is InChI=1S/C12H9ClN6O2/c1-2-5-17-8-9(16-11(17)13)18(6-3-14)12(21)19(7-4-15)10(8)20/h2H,1,5-7H2. The van der Waals surface area contributed by atoms with Crippen molar-refractivity contribution in [3.63, 3.8) is 0 Å². The SMILES string of the molecule is C=CCn1c(Cl)nc2c1c(=O)n(CC#N)c(=O)n2CC#N. The van der Waals surface area contributed by atoms with Gasteiger partial charge in [-0.15, -0.1) is 6.58 Å². The second kappa shape index (κ2) is 5.65. The van der Waals surface area contributed by atoms with Crippen LogP contribution < -0.4 is 11.2 Å². The van der Waals surface area contributed by atoms with E-state index >= 15 is 0 Å². The molecular formula is C12H9ClN6O2. The van der Waals surface area contributed by atoms with Crippen LogP contribution >= 0.6 is 11.6 Å². The fourth-order valence-corrected chi connectivity index (χ4v) is 2.22. The van der Waals surface area contributed by atoms with E-state index in [-0.39, 0.29) is 29.5 Å². The number of fused-ring (bicyclic) bond motifs is 1. The molecule has 0 amide bonds. The molecule has 0 bridgehead atoms. The van der Waals surface area contributed by atoms with E-state index in [2.05, 4.69) is 11.6 Å². The number of nitriles is 2. The minimum atomic E-state index is -0.768. The van der Waals surface area contributed by atoms with E-state index in [0.29, 0.717) is 0 Å². The lowest BCUT2D eigenvalue weighted by molar-refractivity contribution is 0.649. The van der Waals surface area contributed by atoms with Crippen molar-refractivity contribution in [3.05, 3.63) is 38.8 Å². The third-order valence-corrected chi connectivity index (χ3v) is 3.13. The number of aromatic nitrogens is 4. The van der Waals surface area contributed by atoms with E-state index in [0.717, 1.165) is 9.13 Å². The van der Waals surface area contributed by atoms with Crippen molar-refractivity contribution in [1.82, 2.24) is 18.7 Å². The summed E-state index contributed by atoms with van der Waals surface area (Å²) < 4.78 is 3.13. The van der Waals surface area contributed by atoms with E-state index in [9.17, 15) is 9.59 Å². The summed E-state index contributed by atoms with van der Waals surface area (Å²) in [5.41, 5.74) is -1.36. The number of allylic oxidation sites excluding steroid dienone is 1. The van der Waals surface area contributed by atoms with Crippen molar-refractivity contribution >= 4 is 22.8 Å². The van der Waals surface area contributed by atoms with Gasteiger partial charge in [0.1, 0.15) is 13.1 Å². The van der Waals surface area contributed by atoms with Crippen molar-refractivity contribution in [1.29, 1.82) is 10.5 Å². The van der Waals surface area contributed by atoms with Crippen LogP contribution in [0.3, 0.4) is 0 Å². The molecule has 2 aromatic rings. The summed E-state index contributed by atoms with van der Waals surface area (Å²) in [5.74, 6) is 0. The van der Waals surface area contributed by atoms with Crippen molar-refractivity contribution in [2.24, 2.45) is 0 Å². The molecule has 21 heavy (non-hydrogen) atoms. The number of hydrogen-bond acceptors (Lipinski definition) is 5. The number of nitrogens with zero attached hydrogens (tertiary/aromatic N) is 6. The van der Waals surface area contributed by atoms with E-state index in [1.807, 2.05) is 6.07 Å². The van der Waals surface area contributed by atoms with Gasteiger partial charge in [-0.3, -0.25) is 9.36 Å². The van der Waals surface area contributed by atoms with Crippen molar-refractivity contribution in [2.75, 3.05) is 0 Å². The molecule has 0 aliphatic heterocycles. The lowest BCUT2D eigenvalue weighted by Gasteiger charge is -2.07. The molecule has 106 valence electrons. The highest BCUT2D eigenvalue weighted by Crippen LogP contribution is 2.15. The van der Waals surface area contributed by atoms with Gasteiger partial charge in [-0.25, -0.2) is 9.36 Å².